The van der Waals surface area contributed by atoms with E-state index in [1.165, 1.54) is 0 Å². The van der Waals surface area contributed by atoms with Gasteiger partial charge in [0.15, 0.2) is 0 Å². The van der Waals surface area contributed by atoms with Gasteiger partial charge in [-0.2, -0.15) is 13.2 Å². The molecule has 1 nitrogen and oxygen atoms in total. The number of alkyl halides is 3. The third-order valence-electron chi connectivity index (χ3n) is 2.14. The number of hydrogen-bond acceptors (Lipinski definition) is 2. The Balaban J connectivity index is 0.00000137. The fourth-order valence-corrected chi connectivity index (χ4v) is 1.84. The van der Waals surface area contributed by atoms with E-state index in [4.69, 9.17) is 4.18 Å². The molecule has 0 aromatic heterocycles. The van der Waals surface area contributed by atoms with Crippen LogP contribution in [0, 0.1) is 6.92 Å². The highest BCUT2D eigenvalue weighted by Gasteiger charge is 2.35. The van der Waals surface area contributed by atoms with Gasteiger partial charge in [-0.1, -0.05) is 38.1 Å². The van der Waals surface area contributed by atoms with Crippen LogP contribution in [0.1, 0.15) is 38.8 Å². The minimum atomic E-state index is -4.38. The van der Waals surface area contributed by atoms with Crippen LogP contribution < -0.4 is 0 Å². The van der Waals surface area contributed by atoms with E-state index in [9.17, 15) is 13.2 Å². The maximum absolute atomic E-state index is 12.0. The summed E-state index contributed by atoms with van der Waals surface area (Å²) < 4.78 is 41.0. The summed E-state index contributed by atoms with van der Waals surface area (Å²) in [6.07, 6.45) is 0. The first kappa shape index (κ1) is 17.3. The van der Waals surface area contributed by atoms with E-state index >= 15 is 0 Å². The number of aryl methyl sites for hydroxylation is 1. The Morgan fingerprint density at radius 3 is 2.00 bits per heavy atom. The van der Waals surface area contributed by atoms with Gasteiger partial charge in [0.05, 0.1) is 0 Å². The average molecular weight is 280 g/mol. The summed E-state index contributed by atoms with van der Waals surface area (Å²) in [6, 6.07) is 7.24. The molecule has 0 bridgehead atoms. The third-order valence-corrected chi connectivity index (χ3v) is 2.83. The van der Waals surface area contributed by atoms with Crippen LogP contribution in [0.2, 0.25) is 0 Å². The molecule has 5 heteroatoms. The molecule has 0 unspecified atom stereocenters. The monoisotopic (exact) mass is 280 g/mol. The van der Waals surface area contributed by atoms with E-state index in [0.717, 1.165) is 11.1 Å². The fraction of sp³-hybridized carbons (Fsp3) is 0.538. The van der Waals surface area contributed by atoms with Crippen LogP contribution in [-0.2, 0) is 9.78 Å². The topological polar surface area (TPSA) is 9.23 Å². The van der Waals surface area contributed by atoms with Crippen molar-refractivity contribution in [2.45, 2.75) is 45.7 Å². The normalized spacial score (nSPS) is 11.8. The van der Waals surface area contributed by atoms with Crippen molar-refractivity contribution in [1.82, 2.24) is 0 Å². The first-order valence-corrected chi connectivity index (χ1v) is 6.46. The van der Waals surface area contributed by atoms with E-state index in [1.54, 1.807) is 26.0 Å². The Morgan fingerprint density at radius 2 is 1.56 bits per heavy atom. The van der Waals surface area contributed by atoms with Crippen LogP contribution in [-0.4, -0.2) is 5.51 Å². The number of hydrogen-bond donors (Lipinski definition) is 0. The zero-order chi connectivity index (χ0) is 14.4. The molecule has 0 atom stereocenters. The Bertz CT molecular complexity index is 361. The minimum absolute atomic E-state index is 0.456. The molecule has 104 valence electrons. The lowest BCUT2D eigenvalue weighted by atomic mass is 9.94. The predicted octanol–water partition coefficient (Wildman–Crippen LogP) is 5.44. The molecule has 0 fully saturated rings. The van der Waals surface area contributed by atoms with Crippen molar-refractivity contribution < 1.29 is 17.4 Å². The zero-order valence-electron chi connectivity index (χ0n) is 11.3. The average Bonchev–Trinajstić information content (AvgIpc) is 2.29. The number of rotatable bonds is 3. The third kappa shape index (κ3) is 5.78. The molecule has 18 heavy (non-hydrogen) atoms. The van der Waals surface area contributed by atoms with E-state index in [1.807, 2.05) is 32.9 Å². The van der Waals surface area contributed by atoms with Crippen LogP contribution in [0.25, 0.3) is 0 Å². The molecule has 0 saturated heterocycles. The molecule has 0 N–H and O–H groups in total. The van der Waals surface area contributed by atoms with Crippen LogP contribution in [0.4, 0.5) is 13.2 Å². The first-order chi connectivity index (χ1) is 8.22. The van der Waals surface area contributed by atoms with Gasteiger partial charge in [0.2, 0.25) is 0 Å². The number of benzene rings is 1. The van der Waals surface area contributed by atoms with Gasteiger partial charge < -0.3 is 0 Å². The molecule has 0 aliphatic carbocycles. The lowest BCUT2D eigenvalue weighted by molar-refractivity contribution is -0.0458. The summed E-state index contributed by atoms with van der Waals surface area (Å²) in [5.41, 5.74) is -3.67. The van der Waals surface area contributed by atoms with Crippen molar-refractivity contribution in [2.24, 2.45) is 0 Å². The molecule has 0 amide bonds. The van der Waals surface area contributed by atoms with Crippen molar-refractivity contribution in [1.29, 1.82) is 0 Å². The van der Waals surface area contributed by atoms with Crippen LogP contribution >= 0.6 is 12.0 Å². The zero-order valence-corrected chi connectivity index (χ0v) is 12.1. The van der Waals surface area contributed by atoms with Gasteiger partial charge in [-0.25, -0.2) is 0 Å². The lowest BCUT2D eigenvalue weighted by Gasteiger charge is -2.26. The molecular weight excluding hydrogens is 261 g/mol. The highest BCUT2D eigenvalue weighted by Crippen LogP contribution is 2.39. The lowest BCUT2D eigenvalue weighted by Crippen LogP contribution is -2.21. The SMILES string of the molecule is CC.Cc1ccccc1C(C)(C)OSC(F)(F)F. The fourth-order valence-electron chi connectivity index (χ4n) is 1.44. The van der Waals surface area contributed by atoms with Crippen molar-refractivity contribution in [3.8, 4) is 0 Å². The van der Waals surface area contributed by atoms with Crippen molar-refractivity contribution in [2.75, 3.05) is 0 Å². The first-order valence-electron chi connectivity index (χ1n) is 5.72. The summed E-state index contributed by atoms with van der Waals surface area (Å²) in [4.78, 5) is 0. The second-order valence-corrected chi connectivity index (χ2v) is 4.73. The second kappa shape index (κ2) is 7.04. The van der Waals surface area contributed by atoms with Crippen LogP contribution in [0.3, 0.4) is 0 Å². The predicted molar refractivity (Wildman–Crippen MR) is 70.3 cm³/mol. The quantitative estimate of drug-likeness (QED) is 0.682. The minimum Gasteiger partial charge on any atom is -0.297 e. The Kier molecular flexibility index (Phi) is 6.78. The van der Waals surface area contributed by atoms with Crippen LogP contribution in [0.15, 0.2) is 24.3 Å². The van der Waals surface area contributed by atoms with E-state index in [2.05, 4.69) is 0 Å². The molecule has 1 aromatic rings. The summed E-state index contributed by atoms with van der Waals surface area (Å²) in [7, 11) is 0. The van der Waals surface area contributed by atoms with Crippen molar-refractivity contribution in [3.63, 3.8) is 0 Å². The Hall–Kier alpha value is -0.680. The molecule has 0 saturated carbocycles. The smallest absolute Gasteiger partial charge is 0.297 e. The molecule has 0 heterocycles. The Labute approximate surface area is 111 Å². The highest BCUT2D eigenvalue weighted by molar-refractivity contribution is 7.95. The van der Waals surface area contributed by atoms with Gasteiger partial charge in [-0.15, -0.1) is 0 Å². The van der Waals surface area contributed by atoms with Gasteiger partial charge in [0.25, 0.3) is 0 Å². The van der Waals surface area contributed by atoms with Gasteiger partial charge in [-0.3, -0.25) is 4.18 Å². The van der Waals surface area contributed by atoms with Gasteiger partial charge >= 0.3 is 5.51 Å². The summed E-state index contributed by atoms with van der Waals surface area (Å²) in [6.45, 7) is 9.08. The molecule has 0 aliphatic rings. The van der Waals surface area contributed by atoms with Crippen LogP contribution in [0.5, 0.6) is 0 Å². The van der Waals surface area contributed by atoms with Crippen molar-refractivity contribution in [3.05, 3.63) is 35.4 Å². The van der Waals surface area contributed by atoms with Gasteiger partial charge in [0, 0.05) is 0 Å². The molecule has 0 aliphatic heterocycles. The summed E-state index contributed by atoms with van der Waals surface area (Å²) >= 11 is -0.456. The maximum atomic E-state index is 12.0. The molecule has 1 aromatic carbocycles. The Morgan fingerprint density at radius 1 is 1.06 bits per heavy atom. The maximum Gasteiger partial charge on any atom is 0.468 e. The largest absolute Gasteiger partial charge is 0.468 e. The highest BCUT2D eigenvalue weighted by atomic mass is 32.2. The molecular formula is C13H19F3OS. The molecule has 0 spiro atoms. The van der Waals surface area contributed by atoms with E-state index in [-0.39, 0.29) is 0 Å². The molecule has 1 rings (SSSR count). The second-order valence-electron chi connectivity index (χ2n) is 3.94. The van der Waals surface area contributed by atoms with Gasteiger partial charge in [-0.05, 0) is 31.9 Å². The van der Waals surface area contributed by atoms with Gasteiger partial charge in [0.1, 0.15) is 17.6 Å². The molecule has 0 radical (unpaired) electrons. The standard InChI is InChI=1S/C11H13F3OS.C2H6/c1-8-6-4-5-7-9(8)10(2,3)15-16-11(12,13)14;1-2/h4-7H,1-3H3;1-2H3. The van der Waals surface area contributed by atoms with E-state index < -0.39 is 23.2 Å². The summed E-state index contributed by atoms with van der Waals surface area (Å²) in [5.74, 6) is 0. The summed E-state index contributed by atoms with van der Waals surface area (Å²) in [5, 5.41) is 0. The van der Waals surface area contributed by atoms with E-state index in [0.29, 0.717) is 0 Å². The van der Waals surface area contributed by atoms with Crippen molar-refractivity contribution >= 4 is 12.0 Å². The number of halogens is 3.